The van der Waals surface area contributed by atoms with Gasteiger partial charge >= 0.3 is 0 Å². The predicted molar refractivity (Wildman–Crippen MR) is 136 cm³/mol. The molecule has 3 aromatic rings. The number of benzene rings is 1. The number of nitrogen functional groups attached to an aromatic ring is 1. The second kappa shape index (κ2) is 9.45. The zero-order valence-corrected chi connectivity index (χ0v) is 19.4. The molecule has 0 saturated carbocycles. The van der Waals surface area contributed by atoms with Crippen LogP contribution in [0.3, 0.4) is 0 Å². The number of nitrogens with zero attached hydrogens (tertiary/aromatic N) is 4. The molecule has 0 spiro atoms. The monoisotopic (exact) mass is 443 g/mol. The summed E-state index contributed by atoms with van der Waals surface area (Å²) in [5.41, 5.74) is 13.2. The molecule has 2 aromatic heterocycles. The molecule has 0 unspecified atom stereocenters. The molecule has 0 radical (unpaired) electrons. The quantitative estimate of drug-likeness (QED) is 0.399. The summed E-state index contributed by atoms with van der Waals surface area (Å²) in [5, 5.41) is 12.4. The molecule has 1 aliphatic heterocycles. The Morgan fingerprint density at radius 2 is 1.85 bits per heavy atom. The van der Waals surface area contributed by atoms with Gasteiger partial charge in [-0.25, -0.2) is 9.97 Å². The van der Waals surface area contributed by atoms with E-state index in [1.807, 2.05) is 18.3 Å². The number of nitrogens with one attached hydrogen (secondary N) is 2. The van der Waals surface area contributed by atoms with E-state index in [-0.39, 0.29) is 0 Å². The van der Waals surface area contributed by atoms with Gasteiger partial charge in [-0.2, -0.15) is 0 Å². The van der Waals surface area contributed by atoms with Crippen molar-refractivity contribution in [2.45, 2.75) is 25.7 Å². The Kier molecular flexibility index (Phi) is 6.24. The first-order valence-electron chi connectivity index (χ1n) is 12.0. The second-order valence-electron chi connectivity index (χ2n) is 9.24. The first-order chi connectivity index (χ1) is 16.1. The molecule has 33 heavy (non-hydrogen) atoms. The minimum absolute atomic E-state index is 0.647. The normalized spacial score (nSPS) is 17.1. The van der Waals surface area contributed by atoms with Crippen LogP contribution in [0.15, 0.2) is 30.5 Å². The summed E-state index contributed by atoms with van der Waals surface area (Å²) in [6.45, 7) is 6.49. The first-order valence-corrected chi connectivity index (χ1v) is 12.0. The zero-order chi connectivity index (χ0) is 22.8. The third kappa shape index (κ3) is 4.43. The van der Waals surface area contributed by atoms with E-state index in [9.17, 15) is 0 Å². The van der Waals surface area contributed by atoms with Crippen LogP contribution in [-0.2, 0) is 12.8 Å². The fourth-order valence-electron chi connectivity index (χ4n) is 5.11. The van der Waals surface area contributed by atoms with Crippen molar-refractivity contribution in [3.63, 3.8) is 0 Å². The SMILES string of the molecule is CN1CCN(CCNc2ccc(-c3nc4ccc(N)c(C=N)c4c4c3CCCC4)cn2)CC1. The summed E-state index contributed by atoms with van der Waals surface area (Å²) in [4.78, 5) is 14.6. The van der Waals surface area contributed by atoms with Gasteiger partial charge in [-0.1, -0.05) is 0 Å². The maximum atomic E-state index is 7.90. The van der Waals surface area contributed by atoms with Crippen molar-refractivity contribution in [2.24, 2.45) is 0 Å². The number of rotatable bonds is 6. The third-order valence-corrected chi connectivity index (χ3v) is 7.06. The van der Waals surface area contributed by atoms with E-state index in [0.29, 0.717) is 5.69 Å². The Morgan fingerprint density at radius 3 is 2.58 bits per heavy atom. The lowest BCUT2D eigenvalue weighted by molar-refractivity contribution is 0.158. The molecule has 3 heterocycles. The van der Waals surface area contributed by atoms with Gasteiger partial charge in [0.1, 0.15) is 5.82 Å². The molecule has 7 heteroatoms. The molecule has 2 aliphatic rings. The molecule has 1 fully saturated rings. The highest BCUT2D eigenvalue weighted by atomic mass is 15.2. The highest BCUT2D eigenvalue weighted by molar-refractivity contribution is 6.05. The summed E-state index contributed by atoms with van der Waals surface area (Å²) in [6, 6.07) is 8.04. The average Bonchev–Trinajstić information content (AvgIpc) is 2.85. The van der Waals surface area contributed by atoms with E-state index in [0.717, 1.165) is 98.5 Å². The number of aryl methyl sites for hydroxylation is 1. The maximum Gasteiger partial charge on any atom is 0.125 e. The second-order valence-corrected chi connectivity index (χ2v) is 9.24. The van der Waals surface area contributed by atoms with Crippen LogP contribution in [0.2, 0.25) is 0 Å². The lowest BCUT2D eigenvalue weighted by Crippen LogP contribution is -2.45. The fourth-order valence-corrected chi connectivity index (χ4v) is 5.11. The Hall–Kier alpha value is -3.03. The van der Waals surface area contributed by atoms with Gasteiger partial charge in [0, 0.05) is 73.9 Å². The Balaban J connectivity index is 1.38. The Bertz CT molecular complexity index is 1150. The van der Waals surface area contributed by atoms with Crippen molar-refractivity contribution in [1.29, 1.82) is 5.41 Å². The van der Waals surface area contributed by atoms with Crippen molar-refractivity contribution in [3.05, 3.63) is 47.2 Å². The molecule has 1 aliphatic carbocycles. The Morgan fingerprint density at radius 1 is 1.06 bits per heavy atom. The number of hydrogen-bond donors (Lipinski definition) is 3. The number of nitrogens with two attached hydrogens (primary N) is 1. The van der Waals surface area contributed by atoms with Crippen molar-refractivity contribution >= 4 is 28.6 Å². The number of likely N-dealkylation sites (N-methyl/N-ethyl adjacent to an activating group) is 1. The van der Waals surface area contributed by atoms with Crippen molar-refractivity contribution < 1.29 is 0 Å². The number of aromatic nitrogens is 2. The van der Waals surface area contributed by atoms with Crippen molar-refractivity contribution in [2.75, 3.05) is 57.4 Å². The average molecular weight is 444 g/mol. The topological polar surface area (TPSA) is 94.2 Å². The molecule has 7 nitrogen and oxygen atoms in total. The summed E-state index contributed by atoms with van der Waals surface area (Å²) in [5.74, 6) is 0.904. The molecule has 5 rings (SSSR count). The van der Waals surface area contributed by atoms with E-state index < -0.39 is 0 Å². The molecular formula is C26H33N7. The van der Waals surface area contributed by atoms with Crippen LogP contribution in [0.5, 0.6) is 0 Å². The van der Waals surface area contributed by atoms with E-state index in [2.05, 4.69) is 34.3 Å². The minimum atomic E-state index is 0.647. The lowest BCUT2D eigenvalue weighted by Gasteiger charge is -2.32. The van der Waals surface area contributed by atoms with Crippen LogP contribution < -0.4 is 11.1 Å². The summed E-state index contributed by atoms with van der Waals surface area (Å²) >= 11 is 0. The van der Waals surface area contributed by atoms with Crippen LogP contribution >= 0.6 is 0 Å². The predicted octanol–water partition coefficient (Wildman–Crippen LogP) is 3.41. The summed E-state index contributed by atoms with van der Waals surface area (Å²) < 4.78 is 0. The first kappa shape index (κ1) is 21.8. The van der Waals surface area contributed by atoms with Gasteiger partial charge in [0.05, 0.1) is 11.2 Å². The van der Waals surface area contributed by atoms with Gasteiger partial charge in [0.25, 0.3) is 0 Å². The highest BCUT2D eigenvalue weighted by Gasteiger charge is 2.21. The Labute approximate surface area is 195 Å². The van der Waals surface area contributed by atoms with E-state index in [1.54, 1.807) is 0 Å². The van der Waals surface area contributed by atoms with Crippen LogP contribution in [0.1, 0.15) is 29.5 Å². The van der Waals surface area contributed by atoms with Crippen LogP contribution in [0.25, 0.3) is 22.2 Å². The number of fused-ring (bicyclic) bond motifs is 3. The molecular weight excluding hydrogens is 410 g/mol. The van der Waals surface area contributed by atoms with E-state index >= 15 is 0 Å². The van der Waals surface area contributed by atoms with Gasteiger partial charge in [-0.3, -0.25) is 4.90 Å². The molecule has 0 atom stereocenters. The molecule has 4 N–H and O–H groups in total. The molecule has 172 valence electrons. The summed E-state index contributed by atoms with van der Waals surface area (Å²) in [7, 11) is 2.19. The molecule has 0 amide bonds. The summed E-state index contributed by atoms with van der Waals surface area (Å²) in [6.07, 6.45) is 7.64. The van der Waals surface area contributed by atoms with Crippen LogP contribution in [0, 0.1) is 5.41 Å². The molecule has 1 saturated heterocycles. The zero-order valence-electron chi connectivity index (χ0n) is 19.4. The smallest absolute Gasteiger partial charge is 0.125 e. The van der Waals surface area contributed by atoms with E-state index in [4.69, 9.17) is 21.1 Å². The fraction of sp³-hybridized carbons (Fsp3) is 0.423. The van der Waals surface area contributed by atoms with Crippen LogP contribution in [0.4, 0.5) is 11.5 Å². The lowest BCUT2D eigenvalue weighted by atomic mass is 9.85. The molecule has 1 aromatic carbocycles. The standard InChI is InChI=1S/C26H33N7/c1-32-12-14-33(15-13-32)11-10-29-24-9-6-18(17-30-24)26-20-5-3-2-4-19(20)25-21(16-27)22(28)7-8-23(25)31-26/h6-9,16-17,27H,2-5,10-15,28H2,1H3,(H,29,30). The minimum Gasteiger partial charge on any atom is -0.398 e. The van der Waals surface area contributed by atoms with E-state index in [1.165, 1.54) is 17.3 Å². The largest absolute Gasteiger partial charge is 0.398 e. The van der Waals surface area contributed by atoms with Gasteiger partial charge in [0.15, 0.2) is 0 Å². The van der Waals surface area contributed by atoms with Gasteiger partial charge in [0.2, 0.25) is 0 Å². The number of pyridine rings is 2. The van der Waals surface area contributed by atoms with Crippen molar-refractivity contribution in [3.8, 4) is 11.3 Å². The highest BCUT2D eigenvalue weighted by Crippen LogP contribution is 2.37. The number of anilines is 2. The van der Waals surface area contributed by atoms with Crippen molar-refractivity contribution in [1.82, 2.24) is 19.8 Å². The number of hydrogen-bond acceptors (Lipinski definition) is 7. The maximum absolute atomic E-state index is 7.90. The van der Waals surface area contributed by atoms with Gasteiger partial charge in [-0.05, 0) is 68.1 Å². The van der Waals surface area contributed by atoms with Crippen LogP contribution in [-0.4, -0.2) is 72.3 Å². The third-order valence-electron chi connectivity index (χ3n) is 7.06. The van der Waals surface area contributed by atoms with Gasteiger partial charge in [-0.15, -0.1) is 0 Å². The van der Waals surface area contributed by atoms with Gasteiger partial charge < -0.3 is 21.4 Å². The molecule has 0 bridgehead atoms. The number of piperazine rings is 1.